The molecule has 1 amide bonds. The van der Waals surface area contributed by atoms with Gasteiger partial charge in [-0.15, -0.1) is 0 Å². The quantitative estimate of drug-likeness (QED) is 0.901. The maximum atomic E-state index is 12.1. The Morgan fingerprint density at radius 1 is 1.56 bits per heavy atom. The van der Waals surface area contributed by atoms with E-state index >= 15 is 0 Å². The minimum absolute atomic E-state index is 0.0527. The largest absolute Gasteiger partial charge is 0.349 e. The highest BCUT2D eigenvalue weighted by atomic mass is 79.9. The lowest BCUT2D eigenvalue weighted by molar-refractivity contribution is -0.126. The molecule has 1 aromatic carbocycles. The third-order valence-electron chi connectivity index (χ3n) is 3.38. The van der Waals surface area contributed by atoms with Crippen LogP contribution in [0.4, 0.5) is 0 Å². The first-order chi connectivity index (χ1) is 8.66. The van der Waals surface area contributed by atoms with E-state index < -0.39 is 0 Å². The van der Waals surface area contributed by atoms with Crippen LogP contribution in [-0.4, -0.2) is 19.0 Å². The summed E-state index contributed by atoms with van der Waals surface area (Å²) < 4.78 is 1.04. The van der Waals surface area contributed by atoms with Gasteiger partial charge in [-0.1, -0.05) is 28.1 Å². The number of nitrogens with one attached hydrogen (secondary N) is 2. The summed E-state index contributed by atoms with van der Waals surface area (Å²) >= 11 is 3.45. The third kappa shape index (κ3) is 3.56. The van der Waals surface area contributed by atoms with Crippen LogP contribution < -0.4 is 10.6 Å². The monoisotopic (exact) mass is 310 g/mol. The summed E-state index contributed by atoms with van der Waals surface area (Å²) in [6.45, 7) is 3.86. The molecular weight excluding hydrogens is 292 g/mol. The van der Waals surface area contributed by atoms with Crippen molar-refractivity contribution in [3.63, 3.8) is 0 Å². The minimum Gasteiger partial charge on any atom is -0.349 e. The van der Waals surface area contributed by atoms with E-state index in [0.717, 1.165) is 36.0 Å². The molecule has 1 aromatic rings. The molecule has 0 spiro atoms. The fourth-order valence-electron chi connectivity index (χ4n) is 2.27. The maximum absolute atomic E-state index is 12.1. The average Bonchev–Trinajstić information content (AvgIpc) is 2.39. The second-order valence-corrected chi connectivity index (χ2v) is 5.74. The number of hydrogen-bond donors (Lipinski definition) is 2. The van der Waals surface area contributed by atoms with Gasteiger partial charge in [0.25, 0.3) is 0 Å². The molecule has 2 rings (SSSR count). The van der Waals surface area contributed by atoms with Crippen LogP contribution in [0.1, 0.15) is 31.4 Å². The number of halogens is 1. The van der Waals surface area contributed by atoms with Crippen LogP contribution in [0.25, 0.3) is 0 Å². The van der Waals surface area contributed by atoms with Crippen molar-refractivity contribution in [1.29, 1.82) is 0 Å². The van der Waals surface area contributed by atoms with Gasteiger partial charge in [0.2, 0.25) is 5.91 Å². The van der Waals surface area contributed by atoms with Gasteiger partial charge in [-0.05, 0) is 44.0 Å². The second-order valence-electron chi connectivity index (χ2n) is 4.83. The zero-order chi connectivity index (χ0) is 13.0. The lowest BCUT2D eigenvalue weighted by atomic mass is 9.98. The Kier molecular flexibility index (Phi) is 4.78. The topological polar surface area (TPSA) is 41.1 Å². The Bertz CT molecular complexity index is 416. The van der Waals surface area contributed by atoms with Gasteiger partial charge >= 0.3 is 0 Å². The Labute approximate surface area is 116 Å². The number of carbonyl (C=O) groups excluding carboxylic acids is 1. The first-order valence-corrected chi connectivity index (χ1v) is 7.22. The summed E-state index contributed by atoms with van der Waals surface area (Å²) in [5, 5.41) is 6.36. The standard InChI is InChI=1S/C14H19BrN2O/c1-10(11-4-2-6-13(15)8-11)17-14(18)12-5-3-7-16-9-12/h2,4,6,8,10,12,16H,3,5,7,9H2,1H3,(H,17,18)/t10?,12-/m1/s1. The van der Waals surface area contributed by atoms with Gasteiger partial charge < -0.3 is 10.6 Å². The van der Waals surface area contributed by atoms with Crippen molar-refractivity contribution in [3.05, 3.63) is 34.3 Å². The molecule has 3 nitrogen and oxygen atoms in total. The van der Waals surface area contributed by atoms with Crippen molar-refractivity contribution < 1.29 is 4.79 Å². The SMILES string of the molecule is CC(NC(=O)[C@@H]1CCCNC1)c1cccc(Br)c1. The normalized spacial score (nSPS) is 21.3. The molecule has 0 bridgehead atoms. The molecule has 1 aliphatic rings. The average molecular weight is 311 g/mol. The molecule has 2 N–H and O–H groups in total. The lowest BCUT2D eigenvalue weighted by Crippen LogP contribution is -2.41. The van der Waals surface area contributed by atoms with Crippen LogP contribution in [0.2, 0.25) is 0 Å². The summed E-state index contributed by atoms with van der Waals surface area (Å²) in [6.07, 6.45) is 2.08. The molecular formula is C14H19BrN2O. The first-order valence-electron chi connectivity index (χ1n) is 6.43. The number of benzene rings is 1. The summed E-state index contributed by atoms with van der Waals surface area (Å²) in [4.78, 5) is 12.1. The Balaban J connectivity index is 1.94. The van der Waals surface area contributed by atoms with Gasteiger partial charge in [0.1, 0.15) is 0 Å². The molecule has 1 heterocycles. The summed E-state index contributed by atoms with van der Waals surface area (Å²) in [5.41, 5.74) is 1.13. The number of hydrogen-bond acceptors (Lipinski definition) is 2. The summed E-state index contributed by atoms with van der Waals surface area (Å²) in [7, 11) is 0. The van der Waals surface area contributed by atoms with Gasteiger partial charge in [0.05, 0.1) is 12.0 Å². The number of amides is 1. The van der Waals surface area contributed by atoms with Crippen molar-refractivity contribution in [3.8, 4) is 0 Å². The van der Waals surface area contributed by atoms with Crippen molar-refractivity contribution in [2.75, 3.05) is 13.1 Å². The smallest absolute Gasteiger partial charge is 0.224 e. The molecule has 1 saturated heterocycles. The molecule has 1 aliphatic heterocycles. The van der Waals surface area contributed by atoms with Crippen LogP contribution in [0.15, 0.2) is 28.7 Å². The van der Waals surface area contributed by atoms with Crippen LogP contribution in [0.3, 0.4) is 0 Å². The van der Waals surface area contributed by atoms with E-state index in [9.17, 15) is 4.79 Å². The van der Waals surface area contributed by atoms with E-state index in [1.807, 2.05) is 31.2 Å². The highest BCUT2D eigenvalue weighted by molar-refractivity contribution is 9.10. The van der Waals surface area contributed by atoms with E-state index in [0.29, 0.717) is 0 Å². The number of piperidine rings is 1. The highest BCUT2D eigenvalue weighted by Crippen LogP contribution is 2.19. The molecule has 0 saturated carbocycles. The Morgan fingerprint density at radius 3 is 3.06 bits per heavy atom. The van der Waals surface area contributed by atoms with Crippen molar-refractivity contribution in [2.45, 2.75) is 25.8 Å². The van der Waals surface area contributed by atoms with Crippen molar-refractivity contribution >= 4 is 21.8 Å². The predicted octanol–water partition coefficient (Wildman–Crippen LogP) is 2.63. The van der Waals surface area contributed by atoms with Crippen molar-refractivity contribution in [2.24, 2.45) is 5.92 Å². The maximum Gasteiger partial charge on any atom is 0.224 e. The van der Waals surface area contributed by atoms with E-state index in [2.05, 4.69) is 26.6 Å². The number of carbonyl (C=O) groups is 1. The van der Waals surface area contributed by atoms with Crippen molar-refractivity contribution in [1.82, 2.24) is 10.6 Å². The zero-order valence-electron chi connectivity index (χ0n) is 10.6. The van der Waals surface area contributed by atoms with Gasteiger partial charge in [0, 0.05) is 11.0 Å². The molecule has 1 fully saturated rings. The zero-order valence-corrected chi connectivity index (χ0v) is 12.2. The van der Waals surface area contributed by atoms with E-state index in [4.69, 9.17) is 0 Å². The predicted molar refractivity (Wildman–Crippen MR) is 76.3 cm³/mol. The minimum atomic E-state index is 0.0527. The van der Waals surface area contributed by atoms with Gasteiger partial charge in [-0.2, -0.15) is 0 Å². The number of rotatable bonds is 3. The molecule has 1 unspecified atom stereocenters. The van der Waals surface area contributed by atoms with Crippen LogP contribution >= 0.6 is 15.9 Å². The lowest BCUT2D eigenvalue weighted by Gasteiger charge is -2.24. The van der Waals surface area contributed by atoms with Crippen LogP contribution in [-0.2, 0) is 4.79 Å². The van der Waals surface area contributed by atoms with Crippen LogP contribution in [0, 0.1) is 5.92 Å². The Morgan fingerprint density at radius 2 is 2.39 bits per heavy atom. The molecule has 0 radical (unpaired) electrons. The molecule has 98 valence electrons. The van der Waals surface area contributed by atoms with Gasteiger partial charge in [0.15, 0.2) is 0 Å². The van der Waals surface area contributed by atoms with E-state index in [1.54, 1.807) is 0 Å². The van der Waals surface area contributed by atoms with Crippen LogP contribution in [0.5, 0.6) is 0 Å². The highest BCUT2D eigenvalue weighted by Gasteiger charge is 2.22. The molecule has 2 atom stereocenters. The molecule has 4 heteroatoms. The summed E-state index contributed by atoms with van der Waals surface area (Å²) in [6, 6.07) is 8.11. The molecule has 18 heavy (non-hydrogen) atoms. The Hall–Kier alpha value is -0.870. The third-order valence-corrected chi connectivity index (χ3v) is 3.87. The molecule has 0 aromatic heterocycles. The fraction of sp³-hybridized carbons (Fsp3) is 0.500. The van der Waals surface area contributed by atoms with Gasteiger partial charge in [-0.25, -0.2) is 0 Å². The fourth-order valence-corrected chi connectivity index (χ4v) is 2.68. The summed E-state index contributed by atoms with van der Waals surface area (Å²) in [5.74, 6) is 0.281. The molecule has 0 aliphatic carbocycles. The van der Waals surface area contributed by atoms with E-state index in [1.165, 1.54) is 0 Å². The first kappa shape index (κ1) is 13.6. The van der Waals surface area contributed by atoms with Gasteiger partial charge in [-0.3, -0.25) is 4.79 Å². The van der Waals surface area contributed by atoms with E-state index in [-0.39, 0.29) is 17.9 Å². The second kappa shape index (κ2) is 6.34.